The van der Waals surface area contributed by atoms with Gasteiger partial charge in [-0.3, -0.25) is 0 Å². The van der Waals surface area contributed by atoms with Crippen LogP contribution in [0.5, 0.6) is 0 Å². The van der Waals surface area contributed by atoms with Gasteiger partial charge in [-0.15, -0.1) is 0 Å². The van der Waals surface area contributed by atoms with Crippen LogP contribution in [0.1, 0.15) is 5.56 Å². The van der Waals surface area contributed by atoms with Crippen molar-refractivity contribution >= 4 is 30.7 Å². The molecule has 1 atom stereocenters. The lowest BCUT2D eigenvalue weighted by Gasteiger charge is -2.37. The maximum Gasteiger partial charge on any atom is 0.122 e. The molecule has 0 heterocycles. The van der Waals surface area contributed by atoms with E-state index in [0.29, 0.717) is 8.81 Å². The molecule has 0 spiro atoms. The van der Waals surface area contributed by atoms with Gasteiger partial charge in [0.15, 0.2) is 0 Å². The molecule has 0 fully saturated rings. The van der Waals surface area contributed by atoms with Crippen LogP contribution in [0, 0.1) is 0 Å². The lowest BCUT2D eigenvalue weighted by atomic mass is 10.2. The van der Waals surface area contributed by atoms with Crippen molar-refractivity contribution in [2.75, 3.05) is 0 Å². The third-order valence-corrected chi connectivity index (χ3v) is 18.3. The van der Waals surface area contributed by atoms with E-state index in [0.717, 1.165) is 16.2 Å². The first-order valence-electron chi connectivity index (χ1n) is 6.79. The molecule has 0 saturated carbocycles. The first kappa shape index (κ1) is 16.7. The molecule has 1 aromatic rings. The Kier molecular flexibility index (Phi) is 5.60. The van der Waals surface area contributed by atoms with E-state index in [1.54, 1.807) is 0 Å². The van der Waals surface area contributed by atoms with Crippen LogP contribution in [0.25, 0.3) is 5.76 Å². The third kappa shape index (κ3) is 5.25. The average molecular weight is 311 g/mol. The van der Waals surface area contributed by atoms with E-state index in [2.05, 4.69) is 58.0 Å². The molecule has 0 N–H and O–H groups in total. The second-order valence-corrected chi connectivity index (χ2v) is 20.5. The fraction of sp³-hybridized carbons (Fsp3) is 0.467. The van der Waals surface area contributed by atoms with Crippen LogP contribution in [0.4, 0.5) is 0 Å². The molecule has 0 aliphatic rings. The van der Waals surface area contributed by atoms with E-state index in [4.69, 9.17) is 4.52 Å². The molecule has 1 nitrogen and oxygen atoms in total. The van der Waals surface area contributed by atoms with Gasteiger partial charge >= 0.3 is 0 Å². The largest absolute Gasteiger partial charge is 0.478 e. The molecule has 0 saturated heterocycles. The minimum atomic E-state index is -1.18. The molecule has 0 bridgehead atoms. The van der Waals surface area contributed by atoms with Gasteiger partial charge in [0.25, 0.3) is 0 Å². The number of benzene rings is 1. The summed E-state index contributed by atoms with van der Waals surface area (Å²) in [7, 11) is -1.81. The van der Waals surface area contributed by atoms with Crippen molar-refractivity contribution in [2.24, 2.45) is 0 Å². The SMILES string of the molecule is C=C(OPC([Si](C)(C)C)[Si](C)(C)C)c1ccccc1. The molecular formula is C15H27OPSi2. The molecule has 19 heavy (non-hydrogen) atoms. The quantitative estimate of drug-likeness (QED) is 0.389. The normalized spacial score (nSPS) is 13.2. The van der Waals surface area contributed by atoms with E-state index < -0.39 is 16.1 Å². The fourth-order valence-corrected chi connectivity index (χ4v) is 16.4. The fourth-order valence-electron chi connectivity index (χ4n) is 2.47. The minimum absolute atomic E-state index is 0.556. The second-order valence-electron chi connectivity index (χ2n) is 7.17. The Morgan fingerprint density at radius 3 is 1.89 bits per heavy atom. The summed E-state index contributed by atoms with van der Waals surface area (Å²) in [5.74, 6) is 0.820. The van der Waals surface area contributed by atoms with Crippen molar-refractivity contribution in [3.63, 3.8) is 0 Å². The molecule has 106 valence electrons. The summed E-state index contributed by atoms with van der Waals surface area (Å²) in [5, 5.41) is 0. The second kappa shape index (κ2) is 6.38. The highest BCUT2D eigenvalue weighted by molar-refractivity contribution is 7.44. The van der Waals surface area contributed by atoms with Gasteiger partial charge in [0.2, 0.25) is 0 Å². The Labute approximate surface area is 122 Å². The smallest absolute Gasteiger partial charge is 0.122 e. The van der Waals surface area contributed by atoms with Gasteiger partial charge in [0.1, 0.15) is 5.76 Å². The summed E-state index contributed by atoms with van der Waals surface area (Å²) in [6.45, 7) is 18.8. The van der Waals surface area contributed by atoms with E-state index >= 15 is 0 Å². The first-order chi connectivity index (χ1) is 8.62. The highest BCUT2D eigenvalue weighted by Crippen LogP contribution is 2.38. The zero-order chi connectivity index (χ0) is 14.7. The molecule has 0 radical (unpaired) electrons. The van der Waals surface area contributed by atoms with Crippen LogP contribution in [0.3, 0.4) is 0 Å². The molecular weight excluding hydrogens is 283 g/mol. The van der Waals surface area contributed by atoms with Gasteiger partial charge in [-0.25, -0.2) is 0 Å². The molecule has 1 aromatic carbocycles. The van der Waals surface area contributed by atoms with Gasteiger partial charge < -0.3 is 4.52 Å². The first-order valence-corrected chi connectivity index (χ1v) is 14.9. The monoisotopic (exact) mass is 310 g/mol. The Balaban J connectivity index is 2.71. The highest BCUT2D eigenvalue weighted by Gasteiger charge is 2.38. The van der Waals surface area contributed by atoms with Crippen molar-refractivity contribution in [1.29, 1.82) is 0 Å². The van der Waals surface area contributed by atoms with Crippen molar-refractivity contribution in [3.8, 4) is 0 Å². The van der Waals surface area contributed by atoms with Crippen molar-refractivity contribution in [2.45, 2.75) is 44.2 Å². The van der Waals surface area contributed by atoms with Crippen LogP contribution in [0.15, 0.2) is 36.9 Å². The summed E-state index contributed by atoms with van der Waals surface area (Å²) in [5.41, 5.74) is 1.10. The van der Waals surface area contributed by atoms with Gasteiger partial charge in [0, 0.05) is 10.5 Å². The molecule has 0 aliphatic carbocycles. The van der Waals surface area contributed by atoms with Crippen LogP contribution in [-0.2, 0) is 4.52 Å². The summed E-state index contributed by atoms with van der Waals surface area (Å²) in [4.78, 5) is 0.778. The van der Waals surface area contributed by atoms with Crippen LogP contribution >= 0.6 is 8.81 Å². The summed E-state index contributed by atoms with van der Waals surface area (Å²) < 4.78 is 6.05. The minimum Gasteiger partial charge on any atom is -0.478 e. The Morgan fingerprint density at radius 1 is 1.00 bits per heavy atom. The Bertz CT molecular complexity index is 404. The van der Waals surface area contributed by atoms with Gasteiger partial charge in [-0.05, 0) is 0 Å². The lowest BCUT2D eigenvalue weighted by Crippen LogP contribution is -2.51. The molecule has 1 rings (SSSR count). The number of hydrogen-bond acceptors (Lipinski definition) is 1. The van der Waals surface area contributed by atoms with Gasteiger partial charge in [-0.2, -0.15) is 0 Å². The van der Waals surface area contributed by atoms with E-state index in [1.165, 1.54) is 0 Å². The topological polar surface area (TPSA) is 9.23 Å². The maximum atomic E-state index is 6.05. The van der Waals surface area contributed by atoms with E-state index in [1.807, 2.05) is 18.2 Å². The van der Waals surface area contributed by atoms with Gasteiger partial charge in [0.05, 0.1) is 25.0 Å². The summed E-state index contributed by atoms with van der Waals surface area (Å²) in [6, 6.07) is 10.2. The van der Waals surface area contributed by atoms with Crippen molar-refractivity contribution in [1.82, 2.24) is 0 Å². The van der Waals surface area contributed by atoms with Crippen LogP contribution in [0.2, 0.25) is 39.3 Å². The summed E-state index contributed by atoms with van der Waals surface area (Å²) in [6.07, 6.45) is 0. The van der Waals surface area contributed by atoms with Crippen LogP contribution < -0.4 is 0 Å². The number of hydrogen-bond donors (Lipinski definition) is 0. The molecule has 0 aliphatic heterocycles. The third-order valence-electron chi connectivity index (χ3n) is 3.13. The Hall–Kier alpha value is -0.376. The molecule has 0 aromatic heterocycles. The van der Waals surface area contributed by atoms with E-state index in [9.17, 15) is 0 Å². The molecule has 1 unspecified atom stereocenters. The van der Waals surface area contributed by atoms with Crippen molar-refractivity contribution in [3.05, 3.63) is 42.5 Å². The zero-order valence-corrected chi connectivity index (χ0v) is 16.1. The maximum absolute atomic E-state index is 6.05. The standard InChI is InChI=1S/C15H27OPSi2/c1-13(14-11-9-8-10-12-14)16-17-15(18(2,3)4)19(5,6)7/h8-12,15,17H,1H2,2-7H3. The molecule has 0 amide bonds. The number of rotatable bonds is 6. The van der Waals surface area contributed by atoms with Crippen molar-refractivity contribution < 1.29 is 4.52 Å². The lowest BCUT2D eigenvalue weighted by molar-refractivity contribution is 0.590. The average Bonchev–Trinajstić information content (AvgIpc) is 2.26. The summed E-state index contributed by atoms with van der Waals surface area (Å²) >= 11 is 0. The van der Waals surface area contributed by atoms with E-state index in [-0.39, 0.29) is 0 Å². The van der Waals surface area contributed by atoms with Crippen LogP contribution in [-0.4, -0.2) is 21.1 Å². The zero-order valence-electron chi connectivity index (χ0n) is 13.1. The Morgan fingerprint density at radius 2 is 1.47 bits per heavy atom. The predicted molar refractivity (Wildman–Crippen MR) is 95.4 cm³/mol. The predicted octanol–water partition coefficient (Wildman–Crippen LogP) is 5.39. The van der Waals surface area contributed by atoms with Gasteiger partial charge in [-0.1, -0.05) is 76.2 Å². The molecule has 4 heteroatoms. The highest BCUT2D eigenvalue weighted by atomic mass is 31.1.